The van der Waals surface area contributed by atoms with Gasteiger partial charge in [-0.05, 0) is 81.6 Å². The number of nitrogens with zero attached hydrogens (tertiary/aromatic N) is 1. The van der Waals surface area contributed by atoms with Gasteiger partial charge in [0.2, 0.25) is 0 Å². The van der Waals surface area contributed by atoms with Gasteiger partial charge in [-0.2, -0.15) is 0 Å². The number of pyridine rings is 3. The van der Waals surface area contributed by atoms with Crippen LogP contribution in [0.4, 0.5) is 0 Å². The maximum atomic E-state index is 13.3. The Morgan fingerprint density at radius 1 is 0.556 bits per heavy atom. The number of aromatic nitrogens is 1. The highest BCUT2D eigenvalue weighted by atomic mass is 127. The van der Waals surface area contributed by atoms with Crippen molar-refractivity contribution in [1.82, 2.24) is 4.40 Å². The van der Waals surface area contributed by atoms with Gasteiger partial charge in [-0.25, -0.2) is 0 Å². The molecule has 3 heterocycles. The van der Waals surface area contributed by atoms with Crippen LogP contribution in [-0.4, -0.2) is 4.40 Å². The molecule has 0 saturated carbocycles. The average Bonchev–Trinajstić information content (AvgIpc) is 2.65. The first-order valence-corrected chi connectivity index (χ1v) is 10.4. The molecule has 0 saturated heterocycles. The first kappa shape index (κ1) is 15.9. The Morgan fingerprint density at radius 2 is 0.889 bits per heavy atom. The Balaban J connectivity index is 2.25. The molecule has 0 unspecified atom stereocenters. The fourth-order valence-corrected chi connectivity index (χ4v) is 5.54. The van der Waals surface area contributed by atoms with Gasteiger partial charge in [-0.3, -0.25) is 14.4 Å². The third-order valence-electron chi connectivity index (χ3n) is 5.32. The van der Waals surface area contributed by atoms with Crippen molar-refractivity contribution in [3.63, 3.8) is 0 Å². The zero-order valence-corrected chi connectivity index (χ0v) is 17.8. The fourth-order valence-electron chi connectivity index (χ4n) is 4.29. The van der Waals surface area contributed by atoms with Crippen molar-refractivity contribution in [1.29, 1.82) is 0 Å². The summed E-state index contributed by atoms with van der Waals surface area (Å²) in [6.07, 6.45) is 0. The van der Waals surface area contributed by atoms with Crippen molar-refractivity contribution in [2.75, 3.05) is 0 Å². The molecule has 0 atom stereocenters. The standard InChI is InChI=1S/C21H7I2NO3/c22-8-4-12-17-14(6-8)21(27)15-7-9(23)5-13-18(15)24(17)16-10(19(12)25)2-1-3-11(16)20(13)26/h1-7H. The first-order chi connectivity index (χ1) is 13.0. The summed E-state index contributed by atoms with van der Waals surface area (Å²) in [5.41, 5.74) is 1.39. The van der Waals surface area contributed by atoms with E-state index in [0.717, 1.165) is 7.14 Å². The van der Waals surface area contributed by atoms with Crippen molar-refractivity contribution in [2.45, 2.75) is 0 Å². The molecule has 6 aromatic rings. The van der Waals surface area contributed by atoms with E-state index >= 15 is 0 Å². The highest BCUT2D eigenvalue weighted by Gasteiger charge is 2.23. The molecule has 0 amide bonds. The van der Waals surface area contributed by atoms with Crippen LogP contribution in [0.15, 0.2) is 56.8 Å². The smallest absolute Gasteiger partial charge is 0.197 e. The summed E-state index contributed by atoms with van der Waals surface area (Å²) >= 11 is 4.27. The Labute approximate surface area is 177 Å². The normalized spacial score (nSPS) is 12.5. The molecule has 4 nitrogen and oxygen atoms in total. The number of hydrogen-bond acceptors (Lipinski definition) is 3. The van der Waals surface area contributed by atoms with Crippen LogP contribution in [0.25, 0.3) is 48.9 Å². The van der Waals surface area contributed by atoms with E-state index in [1.807, 2.05) is 28.7 Å². The van der Waals surface area contributed by atoms with Gasteiger partial charge in [-0.1, -0.05) is 6.07 Å². The van der Waals surface area contributed by atoms with Gasteiger partial charge in [0.05, 0.1) is 16.6 Å². The molecule has 0 aliphatic carbocycles. The lowest BCUT2D eigenvalue weighted by atomic mass is 9.98. The SMILES string of the molecule is O=c1c2cccc3c(=O)c4cc(I)cc5c(=O)c6cc(I)cc1c6n(c23)c45. The van der Waals surface area contributed by atoms with Crippen LogP contribution in [-0.2, 0) is 0 Å². The van der Waals surface area contributed by atoms with E-state index in [-0.39, 0.29) is 16.3 Å². The van der Waals surface area contributed by atoms with E-state index in [9.17, 15) is 14.4 Å². The molecule has 27 heavy (non-hydrogen) atoms. The highest BCUT2D eigenvalue weighted by molar-refractivity contribution is 14.1. The fraction of sp³-hybridized carbons (Fsp3) is 0. The Bertz CT molecular complexity index is 1630. The van der Waals surface area contributed by atoms with Crippen molar-refractivity contribution in [2.24, 2.45) is 0 Å². The highest BCUT2D eigenvalue weighted by Crippen LogP contribution is 2.33. The molecule has 6 heteroatoms. The lowest BCUT2D eigenvalue weighted by Crippen LogP contribution is -2.19. The predicted octanol–water partition coefficient (Wildman–Crippen LogP) is 4.16. The van der Waals surface area contributed by atoms with E-state index in [1.54, 1.807) is 18.2 Å². The second-order valence-electron chi connectivity index (χ2n) is 6.72. The predicted molar refractivity (Wildman–Crippen MR) is 125 cm³/mol. The molecule has 6 rings (SSSR count). The Morgan fingerprint density at radius 3 is 1.30 bits per heavy atom. The van der Waals surface area contributed by atoms with E-state index in [0.29, 0.717) is 48.9 Å². The number of para-hydroxylation sites is 1. The van der Waals surface area contributed by atoms with Gasteiger partial charge in [0.15, 0.2) is 16.3 Å². The van der Waals surface area contributed by atoms with Crippen molar-refractivity contribution < 1.29 is 0 Å². The molecule has 128 valence electrons. The topological polar surface area (TPSA) is 55.6 Å². The van der Waals surface area contributed by atoms with E-state index in [2.05, 4.69) is 45.2 Å². The molecule has 3 aromatic carbocycles. The van der Waals surface area contributed by atoms with Crippen LogP contribution >= 0.6 is 45.2 Å². The molecule has 0 radical (unpaired) electrons. The Hall–Kier alpha value is -2.07. The van der Waals surface area contributed by atoms with Crippen molar-refractivity contribution in [3.8, 4) is 0 Å². The molecule has 0 aliphatic heterocycles. The van der Waals surface area contributed by atoms with Crippen LogP contribution in [0, 0.1) is 7.14 Å². The van der Waals surface area contributed by atoms with Gasteiger partial charge in [0.25, 0.3) is 0 Å². The number of rotatable bonds is 0. The van der Waals surface area contributed by atoms with Crippen LogP contribution < -0.4 is 16.3 Å². The summed E-state index contributed by atoms with van der Waals surface area (Å²) in [4.78, 5) is 39.7. The minimum absolute atomic E-state index is 0.140. The summed E-state index contributed by atoms with van der Waals surface area (Å²) in [5, 5.41) is 3.07. The van der Waals surface area contributed by atoms with E-state index < -0.39 is 0 Å². The molecule has 0 aliphatic rings. The summed E-state index contributed by atoms with van der Waals surface area (Å²) in [5.74, 6) is 0. The molecule has 0 bridgehead atoms. The third kappa shape index (κ3) is 1.80. The number of hydrogen-bond donors (Lipinski definition) is 0. The molecular formula is C21H7I2NO3. The maximum Gasteiger partial charge on any atom is 0.197 e. The van der Waals surface area contributed by atoms with Gasteiger partial charge in [0.1, 0.15) is 0 Å². The quantitative estimate of drug-likeness (QED) is 0.156. The number of halogens is 2. The minimum Gasteiger partial charge on any atom is -0.306 e. The molecule has 0 N–H and O–H groups in total. The minimum atomic E-state index is -0.143. The molecule has 0 fully saturated rings. The summed E-state index contributed by atoms with van der Waals surface area (Å²) < 4.78 is 3.63. The summed E-state index contributed by atoms with van der Waals surface area (Å²) in [6.45, 7) is 0. The van der Waals surface area contributed by atoms with Gasteiger partial charge in [-0.15, -0.1) is 0 Å². The summed E-state index contributed by atoms with van der Waals surface area (Å²) in [6, 6.07) is 12.5. The van der Waals surface area contributed by atoms with Gasteiger partial charge in [0, 0.05) is 39.5 Å². The van der Waals surface area contributed by atoms with Crippen LogP contribution in [0.1, 0.15) is 0 Å². The van der Waals surface area contributed by atoms with Crippen LogP contribution in [0.5, 0.6) is 0 Å². The largest absolute Gasteiger partial charge is 0.306 e. The van der Waals surface area contributed by atoms with Gasteiger partial charge >= 0.3 is 0 Å². The molecule has 3 aromatic heterocycles. The maximum absolute atomic E-state index is 13.3. The average molecular weight is 575 g/mol. The van der Waals surface area contributed by atoms with Crippen LogP contribution in [0.2, 0.25) is 0 Å². The second kappa shape index (κ2) is 5.05. The number of benzene rings is 3. The first-order valence-electron chi connectivity index (χ1n) is 8.21. The van der Waals surface area contributed by atoms with Crippen molar-refractivity contribution in [3.05, 3.63) is 80.3 Å². The third-order valence-corrected chi connectivity index (χ3v) is 6.57. The molecule has 0 spiro atoms. The van der Waals surface area contributed by atoms with Crippen LogP contribution in [0.3, 0.4) is 0 Å². The van der Waals surface area contributed by atoms with Gasteiger partial charge < -0.3 is 4.40 Å². The zero-order chi connectivity index (χ0) is 18.6. The Kier molecular flexibility index (Phi) is 2.98. The lowest BCUT2D eigenvalue weighted by Gasteiger charge is -2.18. The molecular weight excluding hydrogens is 568 g/mol. The van der Waals surface area contributed by atoms with E-state index in [1.165, 1.54) is 0 Å². The monoisotopic (exact) mass is 575 g/mol. The van der Waals surface area contributed by atoms with E-state index in [4.69, 9.17) is 0 Å². The lowest BCUT2D eigenvalue weighted by molar-refractivity contribution is 1.31. The van der Waals surface area contributed by atoms with Crippen molar-refractivity contribution >= 4 is 94.0 Å². The zero-order valence-electron chi connectivity index (χ0n) is 13.5. The summed E-state index contributed by atoms with van der Waals surface area (Å²) in [7, 11) is 0. The second-order valence-corrected chi connectivity index (χ2v) is 9.21.